The summed E-state index contributed by atoms with van der Waals surface area (Å²) in [6.45, 7) is 2.82. The summed E-state index contributed by atoms with van der Waals surface area (Å²) in [4.78, 5) is 26.1. The molecule has 0 atom stereocenters. The second kappa shape index (κ2) is 11.9. The molecule has 6 heteroatoms. The van der Waals surface area contributed by atoms with E-state index in [9.17, 15) is 18.4 Å². The van der Waals surface area contributed by atoms with Crippen molar-refractivity contribution in [3.8, 4) is 0 Å². The molecule has 0 radical (unpaired) electrons. The van der Waals surface area contributed by atoms with Gasteiger partial charge in [0.25, 0.3) is 5.91 Å². The summed E-state index contributed by atoms with van der Waals surface area (Å²) < 4.78 is 27.3. The molecule has 188 valence electrons. The predicted octanol–water partition coefficient (Wildman–Crippen LogP) is 7.13. The molecule has 1 aliphatic carbocycles. The van der Waals surface area contributed by atoms with Crippen LogP contribution in [0.2, 0.25) is 0 Å². The van der Waals surface area contributed by atoms with E-state index in [-0.39, 0.29) is 17.4 Å². The lowest BCUT2D eigenvalue weighted by atomic mass is 9.96. The Morgan fingerprint density at radius 3 is 2.42 bits per heavy atom. The van der Waals surface area contributed by atoms with Crippen LogP contribution in [-0.2, 0) is 12.8 Å². The van der Waals surface area contributed by atoms with E-state index >= 15 is 0 Å². The first-order chi connectivity index (χ1) is 17.5. The summed E-state index contributed by atoms with van der Waals surface area (Å²) in [6, 6.07) is 14.0. The molecule has 4 rings (SSSR count). The number of amides is 1. The highest BCUT2D eigenvalue weighted by molar-refractivity contribution is 6.12. The van der Waals surface area contributed by atoms with Gasteiger partial charge in [0.15, 0.2) is 5.78 Å². The number of fused-ring (bicyclic) bond motifs is 2. The van der Waals surface area contributed by atoms with Crippen LogP contribution in [0, 0.1) is 11.6 Å². The third-order valence-corrected chi connectivity index (χ3v) is 6.66. The highest BCUT2D eigenvalue weighted by Gasteiger charge is 2.23. The van der Waals surface area contributed by atoms with E-state index in [1.165, 1.54) is 37.8 Å². The van der Waals surface area contributed by atoms with E-state index < -0.39 is 11.6 Å². The van der Waals surface area contributed by atoms with Crippen molar-refractivity contribution in [2.45, 2.75) is 58.3 Å². The van der Waals surface area contributed by atoms with Crippen LogP contribution in [0.1, 0.15) is 82.9 Å². The Morgan fingerprint density at radius 1 is 0.833 bits per heavy atom. The highest BCUT2D eigenvalue weighted by atomic mass is 19.1. The number of halogens is 2. The third-order valence-electron chi connectivity index (χ3n) is 6.66. The Bertz CT molecular complexity index is 1260. The van der Waals surface area contributed by atoms with Crippen LogP contribution >= 0.6 is 0 Å². The average Bonchev–Trinajstić information content (AvgIpc) is 3.01. The van der Waals surface area contributed by atoms with Gasteiger partial charge < -0.3 is 10.6 Å². The number of aryl methyl sites for hydroxylation is 2. The maximum atomic E-state index is 14.1. The van der Waals surface area contributed by atoms with Gasteiger partial charge in [0.05, 0.1) is 5.69 Å². The standard InChI is InChI=1S/C30H32F2N2O2/c1-2-3-4-5-6-7-16-33-30(36)22-11-9-20-8-10-21-17-24(13-14-25(21)29(35)26(20)18-22)34-28-15-12-23(31)19-27(28)32/h9,11-15,17-19,34H,2-8,10,16H2,1H3,(H,33,36). The number of anilines is 2. The van der Waals surface area contributed by atoms with Gasteiger partial charge in [0.1, 0.15) is 11.6 Å². The second-order valence-electron chi connectivity index (χ2n) is 9.35. The first-order valence-electron chi connectivity index (χ1n) is 12.8. The zero-order chi connectivity index (χ0) is 25.5. The van der Waals surface area contributed by atoms with E-state index in [0.717, 1.165) is 30.0 Å². The van der Waals surface area contributed by atoms with Crippen molar-refractivity contribution in [3.63, 3.8) is 0 Å². The predicted molar refractivity (Wildman–Crippen MR) is 139 cm³/mol. The number of carbonyl (C=O) groups is 2. The van der Waals surface area contributed by atoms with Crippen LogP contribution < -0.4 is 10.6 Å². The molecule has 2 N–H and O–H groups in total. The van der Waals surface area contributed by atoms with Gasteiger partial charge in [0.2, 0.25) is 0 Å². The molecule has 0 aliphatic heterocycles. The summed E-state index contributed by atoms with van der Waals surface area (Å²) in [7, 11) is 0. The van der Waals surface area contributed by atoms with E-state index in [1.807, 2.05) is 12.1 Å². The van der Waals surface area contributed by atoms with Crippen molar-refractivity contribution >= 4 is 23.1 Å². The van der Waals surface area contributed by atoms with E-state index in [4.69, 9.17) is 0 Å². The van der Waals surface area contributed by atoms with Crippen molar-refractivity contribution in [3.05, 3.63) is 94.0 Å². The molecule has 1 aliphatic rings. The zero-order valence-corrected chi connectivity index (χ0v) is 20.6. The van der Waals surface area contributed by atoms with Crippen LogP contribution in [0.15, 0.2) is 54.6 Å². The smallest absolute Gasteiger partial charge is 0.251 e. The summed E-state index contributed by atoms with van der Waals surface area (Å²) in [5.41, 5.74) is 4.14. The van der Waals surface area contributed by atoms with Crippen LogP contribution in [0.3, 0.4) is 0 Å². The minimum absolute atomic E-state index is 0.123. The van der Waals surface area contributed by atoms with Crippen molar-refractivity contribution in [1.82, 2.24) is 5.32 Å². The van der Waals surface area contributed by atoms with Gasteiger partial charge in [-0.15, -0.1) is 0 Å². The summed E-state index contributed by atoms with van der Waals surface area (Å²) >= 11 is 0. The minimum Gasteiger partial charge on any atom is -0.353 e. The number of carbonyl (C=O) groups excluding carboxylic acids is 2. The Hall–Kier alpha value is -3.54. The fourth-order valence-electron chi connectivity index (χ4n) is 4.62. The number of unbranched alkanes of at least 4 members (excludes halogenated alkanes) is 5. The molecule has 0 fully saturated rings. The fourth-order valence-corrected chi connectivity index (χ4v) is 4.62. The Morgan fingerprint density at radius 2 is 1.61 bits per heavy atom. The first kappa shape index (κ1) is 25.5. The van der Waals surface area contributed by atoms with E-state index in [0.29, 0.717) is 41.8 Å². The number of nitrogens with one attached hydrogen (secondary N) is 2. The lowest BCUT2D eigenvalue weighted by Gasteiger charge is -2.11. The quantitative estimate of drug-likeness (QED) is 0.297. The fraction of sp³-hybridized carbons (Fsp3) is 0.333. The molecule has 0 heterocycles. The summed E-state index contributed by atoms with van der Waals surface area (Å²) in [5.74, 6) is -1.61. The molecule has 36 heavy (non-hydrogen) atoms. The molecule has 0 saturated heterocycles. The van der Waals surface area contributed by atoms with Crippen LogP contribution in [0.5, 0.6) is 0 Å². The molecule has 3 aromatic rings. The maximum Gasteiger partial charge on any atom is 0.251 e. The average molecular weight is 491 g/mol. The minimum atomic E-state index is -0.685. The maximum absolute atomic E-state index is 14.1. The molecule has 0 unspecified atom stereocenters. The molecule has 0 bridgehead atoms. The number of benzene rings is 3. The van der Waals surface area contributed by atoms with Crippen molar-refractivity contribution in [1.29, 1.82) is 0 Å². The number of hydrogen-bond donors (Lipinski definition) is 2. The van der Waals surface area contributed by atoms with Crippen molar-refractivity contribution in [2.75, 3.05) is 11.9 Å². The molecule has 0 spiro atoms. The lowest BCUT2D eigenvalue weighted by molar-refractivity contribution is 0.0953. The largest absolute Gasteiger partial charge is 0.353 e. The van der Waals surface area contributed by atoms with Crippen molar-refractivity contribution in [2.24, 2.45) is 0 Å². The first-order valence-corrected chi connectivity index (χ1v) is 12.8. The van der Waals surface area contributed by atoms with Crippen molar-refractivity contribution < 1.29 is 18.4 Å². The topological polar surface area (TPSA) is 58.2 Å². The van der Waals surface area contributed by atoms with Gasteiger partial charge >= 0.3 is 0 Å². The van der Waals surface area contributed by atoms with Crippen LogP contribution in [-0.4, -0.2) is 18.2 Å². The summed E-state index contributed by atoms with van der Waals surface area (Å²) in [5, 5.41) is 5.93. The van der Waals surface area contributed by atoms with Crippen LogP contribution in [0.4, 0.5) is 20.2 Å². The molecule has 4 nitrogen and oxygen atoms in total. The SMILES string of the molecule is CCCCCCCCNC(=O)c1ccc2c(c1)C(=O)c1ccc(Nc3ccc(F)cc3F)cc1CC2. The molecule has 1 amide bonds. The lowest BCUT2D eigenvalue weighted by Crippen LogP contribution is -2.24. The molecule has 0 saturated carbocycles. The van der Waals surface area contributed by atoms with Gasteiger partial charge in [-0.25, -0.2) is 8.78 Å². The van der Waals surface area contributed by atoms with Gasteiger partial charge in [-0.2, -0.15) is 0 Å². The number of rotatable bonds is 10. The molecular formula is C30H32F2N2O2. The zero-order valence-electron chi connectivity index (χ0n) is 20.6. The number of hydrogen-bond acceptors (Lipinski definition) is 3. The Labute approximate surface area is 211 Å². The third kappa shape index (κ3) is 6.17. The highest BCUT2D eigenvalue weighted by Crippen LogP contribution is 2.29. The monoisotopic (exact) mass is 490 g/mol. The molecule has 3 aromatic carbocycles. The Balaban J connectivity index is 1.44. The molecule has 0 aromatic heterocycles. The summed E-state index contributed by atoms with van der Waals surface area (Å²) in [6.07, 6.45) is 8.23. The van der Waals surface area contributed by atoms with Crippen LogP contribution in [0.25, 0.3) is 0 Å². The van der Waals surface area contributed by atoms with Gasteiger partial charge in [-0.1, -0.05) is 45.1 Å². The molecular weight excluding hydrogens is 458 g/mol. The normalized spacial score (nSPS) is 12.5. The Kier molecular flexibility index (Phi) is 8.47. The second-order valence-corrected chi connectivity index (χ2v) is 9.35. The number of ketones is 1. The van der Waals surface area contributed by atoms with E-state index in [2.05, 4.69) is 17.6 Å². The van der Waals surface area contributed by atoms with Gasteiger partial charge in [-0.3, -0.25) is 9.59 Å². The van der Waals surface area contributed by atoms with Gasteiger partial charge in [-0.05, 0) is 72.9 Å². The van der Waals surface area contributed by atoms with Gasteiger partial charge in [0, 0.05) is 35.0 Å². The van der Waals surface area contributed by atoms with E-state index in [1.54, 1.807) is 24.3 Å².